The van der Waals surface area contributed by atoms with Gasteiger partial charge < -0.3 is 16.4 Å². The van der Waals surface area contributed by atoms with Crippen LogP contribution < -0.4 is 11.5 Å². The Morgan fingerprint density at radius 1 is 1.28 bits per heavy atom. The van der Waals surface area contributed by atoms with Crippen molar-refractivity contribution in [2.75, 3.05) is 31.6 Å². The first-order chi connectivity index (χ1) is 13.9. The Morgan fingerprint density at radius 3 is 2.86 bits per heavy atom. The summed E-state index contributed by atoms with van der Waals surface area (Å²) in [6.45, 7) is 2.09. The molecule has 5 rings (SSSR count). The molecule has 1 saturated heterocycles. The third kappa shape index (κ3) is 2.98. The highest BCUT2D eigenvalue weighted by Gasteiger charge is 2.58. The van der Waals surface area contributed by atoms with E-state index < -0.39 is 5.82 Å². The fourth-order valence-corrected chi connectivity index (χ4v) is 4.42. The van der Waals surface area contributed by atoms with E-state index in [1.165, 1.54) is 6.07 Å². The van der Waals surface area contributed by atoms with Crippen LogP contribution in [0.4, 0.5) is 15.9 Å². The number of nitrogen functional groups attached to an aromatic ring is 2. The number of fused-ring (bicyclic) bond motifs is 2. The van der Waals surface area contributed by atoms with E-state index in [4.69, 9.17) is 23.1 Å². The summed E-state index contributed by atoms with van der Waals surface area (Å²) < 4.78 is 14.4. The lowest BCUT2D eigenvalue weighted by Gasteiger charge is -2.11. The first kappa shape index (κ1) is 18.2. The SMILES string of the molecule is CN1C[C@H]2C[C@@]2(C#Cc2cc3nc(-c4cccc(Cl)c4F)nc(N)c3cc2N)C1. The van der Waals surface area contributed by atoms with Crippen molar-refractivity contribution in [3.8, 4) is 23.2 Å². The highest BCUT2D eigenvalue weighted by Crippen LogP contribution is 2.56. The molecule has 2 heterocycles. The van der Waals surface area contributed by atoms with Crippen LogP contribution in [0.25, 0.3) is 22.3 Å². The van der Waals surface area contributed by atoms with Gasteiger partial charge in [-0.15, -0.1) is 0 Å². The van der Waals surface area contributed by atoms with Crippen LogP contribution in [0.15, 0.2) is 30.3 Å². The van der Waals surface area contributed by atoms with Crippen LogP contribution in [0, 0.1) is 29.0 Å². The average Bonchev–Trinajstić information content (AvgIpc) is 3.24. The third-order valence-electron chi connectivity index (χ3n) is 5.85. The van der Waals surface area contributed by atoms with Gasteiger partial charge in [0.2, 0.25) is 0 Å². The molecule has 5 nitrogen and oxygen atoms in total. The van der Waals surface area contributed by atoms with Crippen LogP contribution in [0.5, 0.6) is 0 Å². The maximum Gasteiger partial charge on any atom is 0.165 e. The minimum absolute atomic E-state index is 0.00778. The Bertz CT molecular complexity index is 1230. The summed E-state index contributed by atoms with van der Waals surface area (Å²) in [6, 6.07) is 8.23. The van der Waals surface area contributed by atoms with Crippen molar-refractivity contribution in [3.05, 3.63) is 46.7 Å². The van der Waals surface area contributed by atoms with Crippen molar-refractivity contribution in [1.29, 1.82) is 0 Å². The lowest BCUT2D eigenvalue weighted by atomic mass is 10.0. The van der Waals surface area contributed by atoms with Gasteiger partial charge in [-0.2, -0.15) is 0 Å². The van der Waals surface area contributed by atoms with E-state index in [1.54, 1.807) is 24.3 Å². The van der Waals surface area contributed by atoms with Crippen molar-refractivity contribution >= 4 is 34.0 Å². The first-order valence-electron chi connectivity index (χ1n) is 9.39. The maximum absolute atomic E-state index is 14.4. The molecule has 2 aromatic carbocycles. The molecule has 0 amide bonds. The molecule has 2 atom stereocenters. The molecule has 0 radical (unpaired) electrons. The third-order valence-corrected chi connectivity index (χ3v) is 6.14. The summed E-state index contributed by atoms with van der Waals surface area (Å²) >= 11 is 5.90. The van der Waals surface area contributed by atoms with Crippen molar-refractivity contribution in [2.45, 2.75) is 6.42 Å². The number of rotatable bonds is 1. The first-order valence-corrected chi connectivity index (χ1v) is 9.77. The maximum atomic E-state index is 14.4. The Balaban J connectivity index is 1.60. The van der Waals surface area contributed by atoms with Crippen LogP contribution in [0.3, 0.4) is 0 Å². The van der Waals surface area contributed by atoms with Gasteiger partial charge >= 0.3 is 0 Å². The number of likely N-dealkylation sites (tertiary alicyclic amines) is 1. The second kappa shape index (κ2) is 6.31. The van der Waals surface area contributed by atoms with Gasteiger partial charge in [-0.1, -0.05) is 29.5 Å². The molecule has 1 aliphatic carbocycles. The average molecular weight is 408 g/mol. The van der Waals surface area contributed by atoms with Crippen LogP contribution in [0.2, 0.25) is 5.02 Å². The van der Waals surface area contributed by atoms with Gasteiger partial charge in [0, 0.05) is 35.1 Å². The standard InChI is InChI=1S/C22H19ClFN5/c1-29-10-13-9-22(13,11-29)6-5-12-7-18-15(8-17(12)25)20(26)28-21(27-18)14-3-2-4-16(23)19(14)24/h2-4,7-8,13H,9-11,25H2,1H3,(H2,26,27,28)/t13-,22+/m1/s1. The normalized spacial score (nSPS) is 22.9. The molecule has 0 bridgehead atoms. The second-order valence-electron chi connectivity index (χ2n) is 7.99. The van der Waals surface area contributed by atoms with E-state index in [0.29, 0.717) is 28.1 Å². The number of benzene rings is 2. The number of aromatic nitrogens is 2. The predicted molar refractivity (Wildman–Crippen MR) is 114 cm³/mol. The molecule has 146 valence electrons. The molecule has 0 unspecified atom stereocenters. The van der Waals surface area contributed by atoms with Crippen molar-refractivity contribution in [3.63, 3.8) is 0 Å². The van der Waals surface area contributed by atoms with E-state index in [0.717, 1.165) is 19.5 Å². The monoisotopic (exact) mass is 407 g/mol. The summed E-state index contributed by atoms with van der Waals surface area (Å²) in [5, 5.41) is 0.621. The van der Waals surface area contributed by atoms with Gasteiger partial charge in [0.15, 0.2) is 11.6 Å². The molecule has 2 aliphatic rings. The number of anilines is 2. The number of hydrogen-bond donors (Lipinski definition) is 2. The fourth-order valence-electron chi connectivity index (χ4n) is 4.24. The topological polar surface area (TPSA) is 81.1 Å². The van der Waals surface area contributed by atoms with Gasteiger partial charge in [-0.05, 0) is 43.7 Å². The summed E-state index contributed by atoms with van der Waals surface area (Å²) in [6.07, 6.45) is 1.14. The lowest BCUT2D eigenvalue weighted by Crippen LogP contribution is -2.19. The van der Waals surface area contributed by atoms with Crippen LogP contribution in [-0.2, 0) is 0 Å². The molecule has 29 heavy (non-hydrogen) atoms. The summed E-state index contributed by atoms with van der Waals surface area (Å²) in [5.74, 6) is 7.17. The van der Waals surface area contributed by atoms with Gasteiger partial charge in [0.05, 0.1) is 16.1 Å². The summed E-state index contributed by atoms with van der Waals surface area (Å²) in [4.78, 5) is 11.1. The van der Waals surface area contributed by atoms with E-state index >= 15 is 0 Å². The number of nitrogens with zero attached hydrogens (tertiary/aromatic N) is 3. The Hall–Kier alpha value is -2.88. The zero-order chi connectivity index (χ0) is 20.3. The molecule has 1 aromatic heterocycles. The van der Waals surface area contributed by atoms with Crippen molar-refractivity contribution in [2.24, 2.45) is 11.3 Å². The molecular weight excluding hydrogens is 389 g/mol. The zero-order valence-corrected chi connectivity index (χ0v) is 16.6. The number of nitrogens with two attached hydrogens (primary N) is 2. The molecule has 1 saturated carbocycles. The number of piperidine rings is 1. The number of halogens is 2. The van der Waals surface area contributed by atoms with Gasteiger partial charge in [0.1, 0.15) is 5.82 Å². The molecule has 0 spiro atoms. The van der Waals surface area contributed by atoms with E-state index in [2.05, 4.69) is 33.8 Å². The number of hydrogen-bond acceptors (Lipinski definition) is 5. The molecule has 2 fully saturated rings. The quantitative estimate of drug-likeness (QED) is 0.476. The minimum Gasteiger partial charge on any atom is -0.398 e. The minimum atomic E-state index is -0.576. The molecular formula is C22H19ClFN5. The fraction of sp³-hybridized carbons (Fsp3) is 0.273. The van der Waals surface area contributed by atoms with Crippen molar-refractivity contribution < 1.29 is 4.39 Å². The van der Waals surface area contributed by atoms with Gasteiger partial charge in [-0.3, -0.25) is 0 Å². The van der Waals surface area contributed by atoms with E-state index in [1.807, 2.05) is 0 Å². The van der Waals surface area contributed by atoms with E-state index in [-0.39, 0.29) is 27.6 Å². The van der Waals surface area contributed by atoms with Crippen LogP contribution in [-0.4, -0.2) is 35.0 Å². The van der Waals surface area contributed by atoms with Gasteiger partial charge in [-0.25, -0.2) is 14.4 Å². The molecule has 1 aliphatic heterocycles. The largest absolute Gasteiger partial charge is 0.398 e. The summed E-state index contributed by atoms with van der Waals surface area (Å²) in [5.41, 5.74) is 14.4. The Kier molecular flexibility index (Phi) is 3.95. The van der Waals surface area contributed by atoms with Crippen LogP contribution >= 0.6 is 11.6 Å². The second-order valence-corrected chi connectivity index (χ2v) is 8.40. The zero-order valence-electron chi connectivity index (χ0n) is 15.8. The van der Waals surface area contributed by atoms with Gasteiger partial charge in [0.25, 0.3) is 0 Å². The molecule has 7 heteroatoms. The Morgan fingerprint density at radius 2 is 2.10 bits per heavy atom. The smallest absolute Gasteiger partial charge is 0.165 e. The molecule has 4 N–H and O–H groups in total. The van der Waals surface area contributed by atoms with Crippen molar-refractivity contribution in [1.82, 2.24) is 14.9 Å². The Labute approximate surface area is 172 Å². The molecule has 3 aromatic rings. The summed E-state index contributed by atoms with van der Waals surface area (Å²) in [7, 11) is 2.12. The van der Waals surface area contributed by atoms with E-state index in [9.17, 15) is 4.39 Å². The lowest BCUT2D eigenvalue weighted by molar-refractivity contribution is 0.360. The van der Waals surface area contributed by atoms with Crippen LogP contribution in [0.1, 0.15) is 12.0 Å². The highest BCUT2D eigenvalue weighted by molar-refractivity contribution is 6.31. The highest BCUT2D eigenvalue weighted by atomic mass is 35.5. The predicted octanol–water partition coefficient (Wildman–Crippen LogP) is 3.56.